The molecule has 2 aromatic carbocycles. The molecule has 4 aromatic rings. The summed E-state index contributed by atoms with van der Waals surface area (Å²) >= 11 is 16.3. The molecule has 0 radical (unpaired) electrons. The van der Waals surface area contributed by atoms with Gasteiger partial charge in [0.1, 0.15) is 11.4 Å². The second kappa shape index (κ2) is 15.6. The molecular weight excluding hydrogens is 597 g/mol. The van der Waals surface area contributed by atoms with Crippen LogP contribution in [0.5, 0.6) is 0 Å². The number of carbonyl (C=O) groups excluding carboxylic acids is 2. The molecule has 4 rings (SSSR count). The third-order valence-corrected chi connectivity index (χ3v) is 6.40. The highest BCUT2D eigenvalue weighted by molar-refractivity contribution is 6.61. The summed E-state index contributed by atoms with van der Waals surface area (Å²) < 4.78 is 40.9. The van der Waals surface area contributed by atoms with Gasteiger partial charge in [0.2, 0.25) is 0 Å². The molecule has 41 heavy (non-hydrogen) atoms. The maximum atomic E-state index is 14.6. The van der Waals surface area contributed by atoms with Gasteiger partial charge in [-0.15, -0.1) is 0 Å². The maximum absolute atomic E-state index is 14.6. The summed E-state index contributed by atoms with van der Waals surface area (Å²) in [6, 6.07) is 15.5. The normalized spacial score (nSPS) is 10.2. The van der Waals surface area contributed by atoms with Gasteiger partial charge in [-0.1, -0.05) is 23.2 Å². The number of aryl methyl sites for hydroxylation is 4. The van der Waals surface area contributed by atoms with Crippen LogP contribution in [-0.2, 0) is 9.47 Å². The highest BCUT2D eigenvalue weighted by Crippen LogP contribution is 2.28. The van der Waals surface area contributed by atoms with Gasteiger partial charge in [-0.2, -0.15) is 0 Å². The summed E-state index contributed by atoms with van der Waals surface area (Å²) in [5, 5.41) is 0.464. The fraction of sp³-hybridized carbons (Fsp3) is 0.267. The van der Waals surface area contributed by atoms with Crippen molar-refractivity contribution in [2.24, 2.45) is 0 Å². The van der Waals surface area contributed by atoms with Crippen LogP contribution in [0.4, 0.5) is 13.6 Å². The Morgan fingerprint density at radius 1 is 0.732 bits per heavy atom. The largest absolute Gasteiger partial charge is 0.462 e. The quantitative estimate of drug-likeness (QED) is 0.163. The zero-order valence-corrected chi connectivity index (χ0v) is 25.8. The van der Waals surface area contributed by atoms with Crippen molar-refractivity contribution in [3.05, 3.63) is 105 Å². The second-order valence-electron chi connectivity index (χ2n) is 8.65. The third kappa shape index (κ3) is 8.83. The summed E-state index contributed by atoms with van der Waals surface area (Å²) in [5.74, 6) is -1.72. The number of carbonyl (C=O) groups is 2. The molecule has 0 spiro atoms. The first-order valence-electron chi connectivity index (χ1n) is 12.6. The SMILES string of the molecule is CCOC(=O)Cl.CCOC(=O)c1c(Cl)ccc(-n2c(C)ccc2C)c1F.Cc1ccc(C)n1-c1ccc(Cl)cc1F. The van der Waals surface area contributed by atoms with Crippen molar-refractivity contribution in [3.8, 4) is 11.4 Å². The van der Waals surface area contributed by atoms with Gasteiger partial charge in [-0.3, -0.25) is 0 Å². The van der Waals surface area contributed by atoms with Crippen LogP contribution in [0.25, 0.3) is 11.4 Å². The van der Waals surface area contributed by atoms with Gasteiger partial charge >= 0.3 is 11.4 Å². The minimum atomic E-state index is -0.751. The van der Waals surface area contributed by atoms with E-state index in [0.29, 0.717) is 17.3 Å². The monoisotopic (exact) mass is 626 g/mol. The molecular formula is C30H31Cl3F2N2O4. The molecule has 6 nitrogen and oxygen atoms in total. The Kier molecular flexibility index (Phi) is 12.9. The Bertz CT molecular complexity index is 1480. The first kappa shape index (κ1) is 33.9. The molecule has 0 aliphatic rings. The van der Waals surface area contributed by atoms with E-state index in [0.717, 1.165) is 22.8 Å². The minimum Gasteiger partial charge on any atom is -0.462 e. The zero-order valence-electron chi connectivity index (χ0n) is 23.5. The number of halogens is 5. The number of benzene rings is 2. The fourth-order valence-electron chi connectivity index (χ4n) is 3.98. The molecule has 11 heteroatoms. The Balaban J connectivity index is 0.000000246. The number of aromatic nitrogens is 2. The topological polar surface area (TPSA) is 62.5 Å². The number of nitrogens with zero attached hydrogens (tertiary/aromatic N) is 2. The van der Waals surface area contributed by atoms with Gasteiger partial charge in [0.05, 0.1) is 29.6 Å². The molecule has 0 N–H and O–H groups in total. The number of ether oxygens (including phenoxy) is 2. The highest BCUT2D eigenvalue weighted by atomic mass is 35.5. The molecule has 0 amide bonds. The summed E-state index contributed by atoms with van der Waals surface area (Å²) in [4.78, 5) is 21.4. The van der Waals surface area contributed by atoms with Crippen LogP contribution in [0.2, 0.25) is 10.0 Å². The van der Waals surface area contributed by atoms with E-state index in [-0.39, 0.29) is 28.7 Å². The standard InChI is InChI=1S/C15H15ClFNO2.C12H11ClFN.C3H5ClO2/c1-4-20-15(19)13-11(16)7-8-12(14(13)17)18-9(2)5-6-10(18)3;1-8-3-4-9(2)15(8)12-6-5-10(13)7-11(12)14;1-2-6-3(4)5/h5-8H,4H2,1-3H3;3-7H,1-2H3;2H2,1H3. The van der Waals surface area contributed by atoms with Crippen molar-refractivity contribution in [2.45, 2.75) is 41.5 Å². The summed E-state index contributed by atoms with van der Waals surface area (Å²) in [6.07, 6.45) is 0. The van der Waals surface area contributed by atoms with E-state index >= 15 is 0 Å². The van der Waals surface area contributed by atoms with Crippen LogP contribution in [0.1, 0.15) is 47.0 Å². The number of esters is 1. The van der Waals surface area contributed by atoms with Crippen LogP contribution in [0.3, 0.4) is 0 Å². The average molecular weight is 628 g/mol. The first-order valence-corrected chi connectivity index (χ1v) is 13.7. The molecule has 0 aliphatic carbocycles. The van der Waals surface area contributed by atoms with Crippen molar-refractivity contribution >= 4 is 46.2 Å². The predicted octanol–water partition coefficient (Wildman–Crippen LogP) is 9.33. The lowest BCUT2D eigenvalue weighted by atomic mass is 10.1. The summed E-state index contributed by atoms with van der Waals surface area (Å²) in [6.45, 7) is 11.5. The van der Waals surface area contributed by atoms with E-state index in [1.165, 1.54) is 12.1 Å². The number of hydrogen-bond donors (Lipinski definition) is 0. The van der Waals surface area contributed by atoms with Crippen LogP contribution in [0.15, 0.2) is 54.6 Å². The summed E-state index contributed by atoms with van der Waals surface area (Å²) in [7, 11) is 0. The van der Waals surface area contributed by atoms with Gasteiger partial charge in [-0.25, -0.2) is 18.4 Å². The van der Waals surface area contributed by atoms with Crippen molar-refractivity contribution in [1.29, 1.82) is 0 Å². The lowest BCUT2D eigenvalue weighted by molar-refractivity contribution is 0.0521. The van der Waals surface area contributed by atoms with Crippen molar-refractivity contribution < 1.29 is 27.8 Å². The second-order valence-corrected chi connectivity index (χ2v) is 9.80. The Hall–Kier alpha value is -3.33. The molecule has 0 bridgehead atoms. The van der Waals surface area contributed by atoms with Gasteiger partial charge in [-0.05, 0) is 96.1 Å². The molecule has 220 valence electrons. The van der Waals surface area contributed by atoms with E-state index in [2.05, 4.69) is 4.74 Å². The van der Waals surface area contributed by atoms with E-state index in [9.17, 15) is 18.4 Å². The molecule has 0 saturated carbocycles. The van der Waals surface area contributed by atoms with Gasteiger partial charge in [0, 0.05) is 39.4 Å². The molecule has 0 atom stereocenters. The Morgan fingerprint density at radius 3 is 1.61 bits per heavy atom. The molecule has 0 unspecified atom stereocenters. The van der Waals surface area contributed by atoms with Gasteiger partial charge in [0.25, 0.3) is 0 Å². The minimum absolute atomic E-state index is 0.0483. The molecule has 0 fully saturated rings. The number of rotatable bonds is 5. The zero-order chi connectivity index (χ0) is 30.9. The van der Waals surface area contributed by atoms with E-state index < -0.39 is 17.2 Å². The van der Waals surface area contributed by atoms with Crippen molar-refractivity contribution in [3.63, 3.8) is 0 Å². The highest BCUT2D eigenvalue weighted by Gasteiger charge is 2.22. The molecule has 0 saturated heterocycles. The van der Waals surface area contributed by atoms with E-state index in [1.807, 2.05) is 56.5 Å². The summed E-state index contributed by atoms with van der Waals surface area (Å²) in [5.41, 5.74) is 3.63. The lowest BCUT2D eigenvalue weighted by Gasteiger charge is -2.14. The van der Waals surface area contributed by atoms with Crippen molar-refractivity contribution in [1.82, 2.24) is 9.13 Å². The maximum Gasteiger partial charge on any atom is 0.403 e. The molecule has 2 heterocycles. The Labute approximate surface area is 253 Å². The fourth-order valence-corrected chi connectivity index (χ4v) is 4.47. The van der Waals surface area contributed by atoms with E-state index in [1.54, 1.807) is 36.6 Å². The van der Waals surface area contributed by atoms with Gasteiger partial charge in [0.15, 0.2) is 5.82 Å². The lowest BCUT2D eigenvalue weighted by Crippen LogP contribution is -2.11. The Morgan fingerprint density at radius 2 is 1.20 bits per heavy atom. The van der Waals surface area contributed by atoms with Crippen LogP contribution >= 0.6 is 34.8 Å². The van der Waals surface area contributed by atoms with Crippen LogP contribution in [-0.4, -0.2) is 33.7 Å². The van der Waals surface area contributed by atoms with Crippen LogP contribution in [0, 0.1) is 39.3 Å². The van der Waals surface area contributed by atoms with E-state index in [4.69, 9.17) is 39.5 Å². The van der Waals surface area contributed by atoms with Gasteiger partial charge < -0.3 is 18.6 Å². The average Bonchev–Trinajstić information content (AvgIpc) is 3.40. The van der Waals surface area contributed by atoms with Crippen LogP contribution < -0.4 is 0 Å². The van der Waals surface area contributed by atoms with Crippen molar-refractivity contribution in [2.75, 3.05) is 13.2 Å². The first-order chi connectivity index (χ1) is 19.3. The third-order valence-electron chi connectivity index (χ3n) is 5.74. The smallest absolute Gasteiger partial charge is 0.403 e. The molecule has 0 aliphatic heterocycles. The predicted molar refractivity (Wildman–Crippen MR) is 159 cm³/mol. The number of hydrogen-bond acceptors (Lipinski definition) is 4. The molecule has 2 aromatic heterocycles.